The molecule has 148 valence electrons. The molecule has 0 radical (unpaired) electrons. The minimum atomic E-state index is -0.788. The zero-order valence-corrected chi connectivity index (χ0v) is 15.9. The van der Waals surface area contributed by atoms with E-state index in [2.05, 4.69) is 15.5 Å². The Morgan fingerprint density at radius 3 is 2.35 bits per heavy atom. The van der Waals surface area contributed by atoms with E-state index in [1.54, 1.807) is 11.8 Å². The van der Waals surface area contributed by atoms with Crippen LogP contribution in [0.5, 0.6) is 0 Å². The van der Waals surface area contributed by atoms with Crippen molar-refractivity contribution in [3.8, 4) is 0 Å². The highest BCUT2D eigenvalue weighted by Gasteiger charge is 2.34. The van der Waals surface area contributed by atoms with Gasteiger partial charge < -0.3 is 25.5 Å². The molecule has 8 nitrogen and oxygen atoms in total. The third kappa shape index (κ3) is 6.57. The molecular formula is C18H32N4O4. The van der Waals surface area contributed by atoms with E-state index in [4.69, 9.17) is 0 Å². The van der Waals surface area contributed by atoms with Crippen molar-refractivity contribution in [2.24, 2.45) is 0 Å². The summed E-state index contributed by atoms with van der Waals surface area (Å²) in [5.74, 6) is -0.303. The van der Waals surface area contributed by atoms with Crippen molar-refractivity contribution in [2.75, 3.05) is 39.3 Å². The highest BCUT2D eigenvalue weighted by molar-refractivity contribution is 5.83. The van der Waals surface area contributed by atoms with Crippen molar-refractivity contribution >= 4 is 17.7 Å². The zero-order valence-electron chi connectivity index (χ0n) is 15.9. The number of piperidine rings is 1. The van der Waals surface area contributed by atoms with Gasteiger partial charge in [0.1, 0.15) is 0 Å². The third-order valence-electron chi connectivity index (χ3n) is 5.27. The normalized spacial score (nSPS) is 25.4. The lowest BCUT2D eigenvalue weighted by Crippen LogP contribution is -2.50. The highest BCUT2D eigenvalue weighted by atomic mass is 16.3. The monoisotopic (exact) mass is 368 g/mol. The molecule has 2 aliphatic rings. The maximum atomic E-state index is 12.2. The van der Waals surface area contributed by atoms with E-state index in [1.165, 1.54) is 6.92 Å². The van der Waals surface area contributed by atoms with E-state index in [1.807, 2.05) is 0 Å². The number of hydrogen-bond acceptors (Lipinski definition) is 5. The standard InChI is InChI=1S/C18H32N4O4/c1-14(23)19-12-17(25)22-8-3-6-18(26,7-11-22)13-21-9-4-16(5-10-21)20-15(2)24/h16,26H,3-13H2,1-2H3,(H,19,23)(H,20,24). The third-order valence-corrected chi connectivity index (χ3v) is 5.27. The number of carbonyl (C=O) groups is 3. The molecule has 0 aliphatic carbocycles. The number of nitrogens with one attached hydrogen (secondary N) is 2. The predicted molar refractivity (Wildman–Crippen MR) is 97.3 cm³/mol. The molecule has 26 heavy (non-hydrogen) atoms. The molecule has 0 bridgehead atoms. The van der Waals surface area contributed by atoms with E-state index >= 15 is 0 Å². The largest absolute Gasteiger partial charge is 0.388 e. The molecule has 1 atom stereocenters. The Kier molecular flexibility index (Phi) is 7.40. The van der Waals surface area contributed by atoms with Gasteiger partial charge in [-0.2, -0.15) is 0 Å². The molecule has 2 rings (SSSR count). The van der Waals surface area contributed by atoms with Crippen LogP contribution in [0.1, 0.15) is 46.0 Å². The van der Waals surface area contributed by atoms with Gasteiger partial charge in [-0.3, -0.25) is 14.4 Å². The second kappa shape index (κ2) is 9.32. The molecule has 0 aromatic carbocycles. The first-order chi connectivity index (χ1) is 12.3. The summed E-state index contributed by atoms with van der Waals surface area (Å²) in [7, 11) is 0. The van der Waals surface area contributed by atoms with Gasteiger partial charge >= 0.3 is 0 Å². The number of nitrogens with zero attached hydrogens (tertiary/aromatic N) is 2. The Hall–Kier alpha value is -1.67. The molecular weight excluding hydrogens is 336 g/mol. The van der Waals surface area contributed by atoms with Crippen LogP contribution in [-0.4, -0.2) is 83.5 Å². The van der Waals surface area contributed by atoms with Gasteiger partial charge in [0, 0.05) is 52.6 Å². The topological polar surface area (TPSA) is 102 Å². The summed E-state index contributed by atoms with van der Waals surface area (Å²) in [6, 6.07) is 0.231. The van der Waals surface area contributed by atoms with Crippen molar-refractivity contribution < 1.29 is 19.5 Å². The van der Waals surface area contributed by atoms with Crippen LogP contribution >= 0.6 is 0 Å². The number of carbonyl (C=O) groups excluding carboxylic acids is 3. The minimum Gasteiger partial charge on any atom is -0.388 e. The maximum Gasteiger partial charge on any atom is 0.241 e. The van der Waals surface area contributed by atoms with Gasteiger partial charge in [0.2, 0.25) is 17.7 Å². The molecule has 2 saturated heterocycles. The lowest BCUT2D eigenvalue weighted by Gasteiger charge is -2.38. The smallest absolute Gasteiger partial charge is 0.241 e. The zero-order chi connectivity index (χ0) is 19.2. The molecule has 1 unspecified atom stereocenters. The second-order valence-corrected chi connectivity index (χ2v) is 7.62. The SMILES string of the molecule is CC(=O)NCC(=O)N1CCCC(O)(CN2CCC(NC(C)=O)CC2)CC1. The van der Waals surface area contributed by atoms with Crippen LogP contribution < -0.4 is 10.6 Å². The number of likely N-dealkylation sites (tertiary alicyclic amines) is 2. The van der Waals surface area contributed by atoms with E-state index < -0.39 is 5.60 Å². The van der Waals surface area contributed by atoms with Gasteiger partial charge in [-0.15, -0.1) is 0 Å². The molecule has 0 aromatic rings. The first-order valence-electron chi connectivity index (χ1n) is 9.51. The first kappa shape index (κ1) is 20.6. The number of aliphatic hydroxyl groups is 1. The van der Waals surface area contributed by atoms with Crippen LogP contribution in [0.15, 0.2) is 0 Å². The maximum absolute atomic E-state index is 12.2. The minimum absolute atomic E-state index is 0.00914. The number of β-amino-alcohol motifs (C(OH)–C–C–N with tert-alkyl or cyclic N) is 1. The van der Waals surface area contributed by atoms with Crippen molar-refractivity contribution in [1.82, 2.24) is 20.4 Å². The highest BCUT2D eigenvalue weighted by Crippen LogP contribution is 2.25. The summed E-state index contributed by atoms with van der Waals surface area (Å²) in [5, 5.41) is 16.5. The molecule has 2 fully saturated rings. The fourth-order valence-corrected chi connectivity index (χ4v) is 3.84. The number of rotatable bonds is 5. The van der Waals surface area contributed by atoms with E-state index in [-0.39, 0.29) is 30.3 Å². The van der Waals surface area contributed by atoms with Crippen LogP contribution in [0.4, 0.5) is 0 Å². The lowest BCUT2D eigenvalue weighted by molar-refractivity contribution is -0.132. The molecule has 3 amide bonds. The van der Waals surface area contributed by atoms with Crippen LogP contribution in [0.25, 0.3) is 0 Å². The van der Waals surface area contributed by atoms with Crippen LogP contribution in [0.2, 0.25) is 0 Å². The Morgan fingerprint density at radius 1 is 1.04 bits per heavy atom. The molecule has 0 spiro atoms. The van der Waals surface area contributed by atoms with Crippen LogP contribution in [-0.2, 0) is 14.4 Å². The van der Waals surface area contributed by atoms with Crippen molar-refractivity contribution in [1.29, 1.82) is 0 Å². The second-order valence-electron chi connectivity index (χ2n) is 7.62. The Bertz CT molecular complexity index is 519. The van der Waals surface area contributed by atoms with E-state index in [0.717, 1.165) is 32.4 Å². The van der Waals surface area contributed by atoms with Gasteiger partial charge in [-0.25, -0.2) is 0 Å². The van der Waals surface area contributed by atoms with Crippen LogP contribution in [0.3, 0.4) is 0 Å². The van der Waals surface area contributed by atoms with Gasteiger partial charge in [0.15, 0.2) is 0 Å². The average Bonchev–Trinajstić information content (AvgIpc) is 2.76. The van der Waals surface area contributed by atoms with Gasteiger partial charge in [0.05, 0.1) is 12.1 Å². The van der Waals surface area contributed by atoms with Crippen molar-refractivity contribution in [3.63, 3.8) is 0 Å². The number of amides is 3. The molecule has 8 heteroatoms. The van der Waals surface area contributed by atoms with E-state index in [9.17, 15) is 19.5 Å². The molecule has 2 heterocycles. The average molecular weight is 368 g/mol. The summed E-state index contributed by atoms with van der Waals surface area (Å²) >= 11 is 0. The van der Waals surface area contributed by atoms with Crippen LogP contribution in [0, 0.1) is 0 Å². The lowest BCUT2D eigenvalue weighted by atomic mass is 9.93. The van der Waals surface area contributed by atoms with Gasteiger partial charge in [-0.05, 0) is 32.1 Å². The first-order valence-corrected chi connectivity index (χ1v) is 9.51. The fourth-order valence-electron chi connectivity index (χ4n) is 3.84. The summed E-state index contributed by atoms with van der Waals surface area (Å²) in [4.78, 5) is 38.3. The summed E-state index contributed by atoms with van der Waals surface area (Å²) < 4.78 is 0. The summed E-state index contributed by atoms with van der Waals surface area (Å²) in [5.41, 5.74) is -0.788. The summed E-state index contributed by atoms with van der Waals surface area (Å²) in [6.07, 6.45) is 3.77. The van der Waals surface area contributed by atoms with Crippen molar-refractivity contribution in [2.45, 2.75) is 57.6 Å². The van der Waals surface area contributed by atoms with Gasteiger partial charge in [-0.1, -0.05) is 0 Å². The molecule has 0 saturated carbocycles. The molecule has 3 N–H and O–H groups in total. The molecule has 0 aromatic heterocycles. The van der Waals surface area contributed by atoms with Crippen molar-refractivity contribution in [3.05, 3.63) is 0 Å². The Labute approximate surface area is 155 Å². The summed E-state index contributed by atoms with van der Waals surface area (Å²) in [6.45, 7) is 6.40. The number of hydrogen-bond donors (Lipinski definition) is 3. The predicted octanol–water partition coefficient (Wildman–Crippen LogP) is -0.533. The Morgan fingerprint density at radius 2 is 1.73 bits per heavy atom. The Balaban J connectivity index is 1.79. The van der Waals surface area contributed by atoms with Gasteiger partial charge in [0.25, 0.3) is 0 Å². The fraction of sp³-hybridized carbons (Fsp3) is 0.833. The molecule has 2 aliphatic heterocycles. The quantitative estimate of drug-likeness (QED) is 0.605. The van der Waals surface area contributed by atoms with E-state index in [0.29, 0.717) is 32.5 Å².